The third-order valence-electron chi connectivity index (χ3n) is 2.48. The van der Waals surface area contributed by atoms with E-state index in [1.54, 1.807) is 12.1 Å². The van der Waals surface area contributed by atoms with Gasteiger partial charge in [0.1, 0.15) is 10.0 Å². The van der Waals surface area contributed by atoms with E-state index in [4.69, 9.17) is 5.14 Å². The second kappa shape index (κ2) is 4.66. The van der Waals surface area contributed by atoms with Crippen LogP contribution in [0, 0.1) is 0 Å². The molecule has 0 aliphatic heterocycles. The highest BCUT2D eigenvalue weighted by atomic mass is 32.2. The zero-order chi connectivity index (χ0) is 14.3. The van der Waals surface area contributed by atoms with E-state index in [0.29, 0.717) is 10.6 Å². The molecule has 0 atom stereocenters. The van der Waals surface area contributed by atoms with Gasteiger partial charge in [0.2, 0.25) is 10.0 Å². The lowest BCUT2D eigenvalue weighted by molar-refractivity contribution is 0.578. The highest BCUT2D eigenvalue weighted by molar-refractivity contribution is 7.89. The molecule has 0 aliphatic rings. The first kappa shape index (κ1) is 14.1. The summed E-state index contributed by atoms with van der Waals surface area (Å²) in [6.45, 7) is 6.16. The Hall–Kier alpha value is -1.31. The van der Waals surface area contributed by atoms with Gasteiger partial charge in [-0.25, -0.2) is 13.6 Å². The SMILES string of the molecule is CC(C)(C)c1nnc(-c2cccc(S(N)(=O)=O)c2)s1. The van der Waals surface area contributed by atoms with Crippen molar-refractivity contribution in [3.05, 3.63) is 29.3 Å². The summed E-state index contributed by atoms with van der Waals surface area (Å²) >= 11 is 1.45. The maximum absolute atomic E-state index is 11.3. The summed E-state index contributed by atoms with van der Waals surface area (Å²) in [5, 5.41) is 15.0. The van der Waals surface area contributed by atoms with Gasteiger partial charge in [-0.3, -0.25) is 0 Å². The highest BCUT2D eigenvalue weighted by Crippen LogP contribution is 2.31. The van der Waals surface area contributed by atoms with Crippen molar-refractivity contribution >= 4 is 21.4 Å². The fraction of sp³-hybridized carbons (Fsp3) is 0.333. The van der Waals surface area contributed by atoms with Crippen LogP contribution in [-0.4, -0.2) is 18.6 Å². The number of primary sulfonamides is 1. The second-order valence-electron chi connectivity index (χ2n) is 5.24. The molecule has 0 amide bonds. The molecule has 0 aliphatic carbocycles. The lowest BCUT2D eigenvalue weighted by Crippen LogP contribution is -2.11. The number of hydrogen-bond acceptors (Lipinski definition) is 5. The van der Waals surface area contributed by atoms with Gasteiger partial charge in [0, 0.05) is 11.0 Å². The number of hydrogen-bond donors (Lipinski definition) is 1. The van der Waals surface area contributed by atoms with Crippen molar-refractivity contribution in [3.63, 3.8) is 0 Å². The number of rotatable bonds is 2. The number of nitrogens with two attached hydrogens (primary N) is 1. The Morgan fingerprint density at radius 2 is 1.89 bits per heavy atom. The molecule has 2 rings (SSSR count). The molecule has 0 bridgehead atoms. The molecule has 0 saturated heterocycles. The molecule has 2 N–H and O–H groups in total. The standard InChI is InChI=1S/C12H15N3O2S2/c1-12(2,3)11-15-14-10(18-11)8-5-4-6-9(7-8)19(13,16)17/h4-7H,1-3H3,(H2,13,16,17). The fourth-order valence-corrected chi connectivity index (χ4v) is 2.91. The van der Waals surface area contributed by atoms with Crippen molar-refractivity contribution in [1.29, 1.82) is 0 Å². The molecular weight excluding hydrogens is 282 g/mol. The molecule has 102 valence electrons. The minimum Gasteiger partial charge on any atom is -0.225 e. The first-order chi connectivity index (χ1) is 8.68. The summed E-state index contributed by atoms with van der Waals surface area (Å²) in [6, 6.07) is 6.42. The zero-order valence-corrected chi connectivity index (χ0v) is 12.5. The predicted molar refractivity (Wildman–Crippen MR) is 75.4 cm³/mol. The van der Waals surface area contributed by atoms with Gasteiger partial charge in [-0.2, -0.15) is 0 Å². The third kappa shape index (κ3) is 3.17. The molecule has 1 heterocycles. The molecule has 0 saturated carbocycles. The molecule has 0 radical (unpaired) electrons. The minimum absolute atomic E-state index is 0.0759. The molecule has 1 aromatic heterocycles. The van der Waals surface area contributed by atoms with E-state index >= 15 is 0 Å². The van der Waals surface area contributed by atoms with Crippen LogP contribution in [0.3, 0.4) is 0 Å². The van der Waals surface area contributed by atoms with Crippen molar-refractivity contribution < 1.29 is 8.42 Å². The average molecular weight is 297 g/mol. The van der Waals surface area contributed by atoms with Gasteiger partial charge in [-0.1, -0.05) is 44.2 Å². The van der Waals surface area contributed by atoms with Crippen molar-refractivity contribution in [2.45, 2.75) is 31.1 Å². The Kier molecular flexibility index (Phi) is 3.46. The van der Waals surface area contributed by atoms with Gasteiger partial charge in [0.15, 0.2) is 0 Å². The third-order valence-corrected chi connectivity index (χ3v) is 4.79. The van der Waals surface area contributed by atoms with E-state index in [9.17, 15) is 8.42 Å². The number of aromatic nitrogens is 2. The molecule has 1 aromatic carbocycles. The molecule has 19 heavy (non-hydrogen) atoms. The largest absolute Gasteiger partial charge is 0.238 e. The Morgan fingerprint density at radius 3 is 2.42 bits per heavy atom. The summed E-state index contributed by atoms with van der Waals surface area (Å²) in [5.74, 6) is 0. The number of nitrogens with zero attached hydrogens (tertiary/aromatic N) is 2. The maximum atomic E-state index is 11.3. The van der Waals surface area contributed by atoms with E-state index < -0.39 is 10.0 Å². The lowest BCUT2D eigenvalue weighted by atomic mass is 9.98. The average Bonchev–Trinajstić information content (AvgIpc) is 2.77. The van der Waals surface area contributed by atoms with Gasteiger partial charge in [-0.05, 0) is 12.1 Å². The van der Waals surface area contributed by atoms with Gasteiger partial charge in [-0.15, -0.1) is 10.2 Å². The summed E-state index contributed by atoms with van der Waals surface area (Å²) < 4.78 is 22.7. The van der Waals surface area contributed by atoms with E-state index in [-0.39, 0.29) is 10.3 Å². The van der Waals surface area contributed by atoms with E-state index in [1.807, 2.05) is 0 Å². The van der Waals surface area contributed by atoms with Crippen molar-refractivity contribution in [3.8, 4) is 10.6 Å². The van der Waals surface area contributed by atoms with Crippen LogP contribution in [0.15, 0.2) is 29.2 Å². The molecular formula is C12H15N3O2S2. The molecule has 0 unspecified atom stereocenters. The second-order valence-corrected chi connectivity index (χ2v) is 7.77. The normalized spacial score (nSPS) is 12.6. The van der Waals surface area contributed by atoms with E-state index in [0.717, 1.165) is 5.01 Å². The van der Waals surface area contributed by atoms with Crippen molar-refractivity contribution in [2.75, 3.05) is 0 Å². The van der Waals surface area contributed by atoms with Gasteiger partial charge in [0.05, 0.1) is 4.90 Å². The van der Waals surface area contributed by atoms with Crippen LogP contribution in [-0.2, 0) is 15.4 Å². The smallest absolute Gasteiger partial charge is 0.225 e. The molecule has 7 heteroatoms. The molecule has 0 spiro atoms. The van der Waals surface area contributed by atoms with Crippen LogP contribution in [0.2, 0.25) is 0 Å². The van der Waals surface area contributed by atoms with Gasteiger partial charge >= 0.3 is 0 Å². The summed E-state index contributed by atoms with van der Waals surface area (Å²) in [4.78, 5) is 0.0810. The summed E-state index contributed by atoms with van der Waals surface area (Å²) in [7, 11) is -3.70. The Labute approximate surface area is 116 Å². The zero-order valence-electron chi connectivity index (χ0n) is 10.9. The molecule has 2 aromatic rings. The molecule has 0 fully saturated rings. The van der Waals surface area contributed by atoms with Crippen LogP contribution < -0.4 is 5.14 Å². The van der Waals surface area contributed by atoms with E-state index in [2.05, 4.69) is 31.0 Å². The predicted octanol–water partition coefficient (Wildman–Crippen LogP) is 2.15. The first-order valence-corrected chi connectivity index (χ1v) is 8.01. The highest BCUT2D eigenvalue weighted by Gasteiger charge is 2.20. The van der Waals surface area contributed by atoms with Crippen LogP contribution in [0.1, 0.15) is 25.8 Å². The maximum Gasteiger partial charge on any atom is 0.238 e. The first-order valence-electron chi connectivity index (χ1n) is 5.65. The fourth-order valence-electron chi connectivity index (χ4n) is 1.45. The molecule has 5 nitrogen and oxygen atoms in total. The van der Waals surface area contributed by atoms with Crippen molar-refractivity contribution in [2.24, 2.45) is 5.14 Å². The number of benzene rings is 1. The van der Waals surface area contributed by atoms with Gasteiger partial charge < -0.3 is 0 Å². The van der Waals surface area contributed by atoms with Crippen LogP contribution >= 0.6 is 11.3 Å². The van der Waals surface area contributed by atoms with Gasteiger partial charge in [0.25, 0.3) is 0 Å². The Morgan fingerprint density at radius 1 is 1.21 bits per heavy atom. The minimum atomic E-state index is -3.70. The monoisotopic (exact) mass is 297 g/mol. The quantitative estimate of drug-likeness (QED) is 0.920. The summed E-state index contributed by atoms with van der Waals surface area (Å²) in [5.41, 5.74) is 0.632. The lowest BCUT2D eigenvalue weighted by Gasteiger charge is -2.12. The van der Waals surface area contributed by atoms with E-state index in [1.165, 1.54) is 23.5 Å². The van der Waals surface area contributed by atoms with Crippen molar-refractivity contribution in [1.82, 2.24) is 10.2 Å². The Balaban J connectivity index is 2.46. The topological polar surface area (TPSA) is 85.9 Å². The van der Waals surface area contributed by atoms with Crippen LogP contribution in [0.5, 0.6) is 0 Å². The Bertz CT molecular complexity index is 700. The van der Waals surface area contributed by atoms with Crippen LogP contribution in [0.4, 0.5) is 0 Å². The summed E-state index contributed by atoms with van der Waals surface area (Å²) in [6.07, 6.45) is 0. The van der Waals surface area contributed by atoms with Crippen LogP contribution in [0.25, 0.3) is 10.6 Å². The number of sulfonamides is 1.